The summed E-state index contributed by atoms with van der Waals surface area (Å²) in [5, 5.41) is 7.29. The summed E-state index contributed by atoms with van der Waals surface area (Å²) in [6.07, 6.45) is 3.75. The van der Waals surface area contributed by atoms with Gasteiger partial charge in [0.1, 0.15) is 6.33 Å². The zero-order valence-electron chi connectivity index (χ0n) is 8.22. The van der Waals surface area contributed by atoms with Crippen LogP contribution in [0, 0.1) is 0 Å². The summed E-state index contributed by atoms with van der Waals surface area (Å²) < 4.78 is 1.71. The summed E-state index contributed by atoms with van der Waals surface area (Å²) in [4.78, 5) is 14.6. The number of hydrogen-bond acceptors (Lipinski definition) is 4. The van der Waals surface area contributed by atoms with E-state index >= 15 is 0 Å². The Morgan fingerprint density at radius 1 is 1.67 bits per heavy atom. The van der Waals surface area contributed by atoms with Crippen molar-refractivity contribution in [2.24, 2.45) is 5.73 Å². The normalized spacial score (nSPS) is 20.7. The van der Waals surface area contributed by atoms with Crippen LogP contribution in [0.25, 0.3) is 0 Å². The Labute approximate surface area is 93.6 Å². The molecule has 1 aliphatic rings. The van der Waals surface area contributed by atoms with E-state index in [1.165, 1.54) is 0 Å². The SMILES string of the molecule is Cl.NC(=O)c1ncn(C2CCCNC2)n1. The molecular weight excluding hydrogens is 218 g/mol. The quantitative estimate of drug-likeness (QED) is 0.733. The number of carbonyl (C=O) groups excluding carboxylic acids is 1. The number of piperidine rings is 1. The van der Waals surface area contributed by atoms with Crippen LogP contribution in [0.15, 0.2) is 6.33 Å². The third-order valence-corrected chi connectivity index (χ3v) is 2.37. The van der Waals surface area contributed by atoms with Crippen molar-refractivity contribution in [2.75, 3.05) is 13.1 Å². The maximum Gasteiger partial charge on any atom is 0.288 e. The zero-order chi connectivity index (χ0) is 9.97. The lowest BCUT2D eigenvalue weighted by Crippen LogP contribution is -2.32. The van der Waals surface area contributed by atoms with E-state index < -0.39 is 5.91 Å². The number of amides is 1. The van der Waals surface area contributed by atoms with Crippen molar-refractivity contribution in [2.45, 2.75) is 18.9 Å². The third-order valence-electron chi connectivity index (χ3n) is 2.37. The molecule has 0 aromatic carbocycles. The van der Waals surface area contributed by atoms with Crippen molar-refractivity contribution < 1.29 is 4.79 Å². The highest BCUT2D eigenvalue weighted by Gasteiger charge is 2.17. The van der Waals surface area contributed by atoms with Crippen LogP contribution >= 0.6 is 12.4 Å². The molecule has 1 unspecified atom stereocenters. The fourth-order valence-corrected chi connectivity index (χ4v) is 1.62. The van der Waals surface area contributed by atoms with Gasteiger partial charge in [-0.2, -0.15) is 0 Å². The van der Waals surface area contributed by atoms with Crippen molar-refractivity contribution in [1.82, 2.24) is 20.1 Å². The molecule has 1 aromatic rings. The molecule has 7 heteroatoms. The van der Waals surface area contributed by atoms with Gasteiger partial charge < -0.3 is 11.1 Å². The molecule has 3 N–H and O–H groups in total. The van der Waals surface area contributed by atoms with E-state index in [2.05, 4.69) is 15.4 Å². The predicted octanol–water partition coefficient (Wildman–Crippen LogP) is -0.277. The molecule has 15 heavy (non-hydrogen) atoms. The number of halogens is 1. The highest BCUT2D eigenvalue weighted by Crippen LogP contribution is 2.14. The van der Waals surface area contributed by atoms with Crippen molar-refractivity contribution in [1.29, 1.82) is 0 Å². The lowest BCUT2D eigenvalue weighted by atomic mass is 10.1. The maximum atomic E-state index is 10.8. The number of carbonyl (C=O) groups is 1. The van der Waals surface area contributed by atoms with Crippen LogP contribution in [0.4, 0.5) is 0 Å². The molecule has 1 amide bonds. The molecule has 1 aliphatic heterocycles. The lowest BCUT2D eigenvalue weighted by Gasteiger charge is -2.22. The molecule has 1 saturated heterocycles. The molecule has 1 atom stereocenters. The molecule has 0 aliphatic carbocycles. The first kappa shape index (κ1) is 11.9. The van der Waals surface area contributed by atoms with E-state index in [1.807, 2.05) is 0 Å². The summed E-state index contributed by atoms with van der Waals surface area (Å²) in [5.74, 6) is -0.483. The van der Waals surface area contributed by atoms with E-state index in [0.717, 1.165) is 25.9 Å². The van der Waals surface area contributed by atoms with Gasteiger partial charge in [0.15, 0.2) is 0 Å². The smallest absolute Gasteiger partial charge is 0.288 e. The molecule has 6 nitrogen and oxygen atoms in total. The van der Waals surface area contributed by atoms with Crippen LogP contribution in [0.1, 0.15) is 29.5 Å². The van der Waals surface area contributed by atoms with Crippen molar-refractivity contribution in [3.05, 3.63) is 12.2 Å². The standard InChI is InChI=1S/C8H13N5O.ClH/c9-7(14)8-11-5-13(12-8)6-2-1-3-10-4-6;/h5-6,10H,1-4H2,(H2,9,14);1H. The Bertz CT molecular complexity index is 334. The Kier molecular flexibility index (Phi) is 4.05. The van der Waals surface area contributed by atoms with Crippen LogP contribution in [0.3, 0.4) is 0 Å². The van der Waals surface area contributed by atoms with E-state index in [0.29, 0.717) is 6.04 Å². The second-order valence-corrected chi connectivity index (χ2v) is 3.41. The number of nitrogens with one attached hydrogen (secondary N) is 1. The molecule has 2 rings (SSSR count). The van der Waals surface area contributed by atoms with Gasteiger partial charge in [-0.15, -0.1) is 17.5 Å². The van der Waals surface area contributed by atoms with Crippen LogP contribution in [0.2, 0.25) is 0 Å². The third kappa shape index (κ3) is 2.66. The van der Waals surface area contributed by atoms with E-state index in [-0.39, 0.29) is 18.2 Å². The highest BCUT2D eigenvalue weighted by atomic mass is 35.5. The molecule has 84 valence electrons. The fourth-order valence-electron chi connectivity index (χ4n) is 1.62. The summed E-state index contributed by atoms with van der Waals surface area (Å²) in [6.45, 7) is 1.93. The average Bonchev–Trinajstić information content (AvgIpc) is 2.68. The molecule has 2 heterocycles. The lowest BCUT2D eigenvalue weighted by molar-refractivity contribution is 0.0990. The largest absolute Gasteiger partial charge is 0.363 e. The minimum Gasteiger partial charge on any atom is -0.363 e. The Hall–Kier alpha value is -1.14. The van der Waals surface area contributed by atoms with Gasteiger partial charge in [0.2, 0.25) is 5.82 Å². The van der Waals surface area contributed by atoms with Gasteiger partial charge in [0.25, 0.3) is 5.91 Å². The molecule has 0 bridgehead atoms. The van der Waals surface area contributed by atoms with Crippen molar-refractivity contribution in [3.63, 3.8) is 0 Å². The van der Waals surface area contributed by atoms with Gasteiger partial charge in [-0.05, 0) is 19.4 Å². The predicted molar refractivity (Wildman–Crippen MR) is 56.9 cm³/mol. The van der Waals surface area contributed by atoms with Crippen molar-refractivity contribution in [3.8, 4) is 0 Å². The minimum atomic E-state index is -0.576. The van der Waals surface area contributed by atoms with Gasteiger partial charge in [-0.3, -0.25) is 4.79 Å². The van der Waals surface area contributed by atoms with E-state index in [4.69, 9.17) is 5.73 Å². The minimum absolute atomic E-state index is 0. The molecule has 0 saturated carbocycles. The van der Waals surface area contributed by atoms with Crippen molar-refractivity contribution >= 4 is 18.3 Å². The number of nitrogens with two attached hydrogens (primary N) is 1. The topological polar surface area (TPSA) is 85.8 Å². The van der Waals surface area contributed by atoms with Crippen LogP contribution in [0.5, 0.6) is 0 Å². The number of primary amides is 1. The van der Waals surface area contributed by atoms with Gasteiger partial charge in [0.05, 0.1) is 6.04 Å². The molecule has 0 spiro atoms. The number of aromatic nitrogens is 3. The Balaban J connectivity index is 0.00000112. The number of nitrogens with zero attached hydrogens (tertiary/aromatic N) is 3. The van der Waals surface area contributed by atoms with Gasteiger partial charge in [-0.25, -0.2) is 9.67 Å². The Morgan fingerprint density at radius 3 is 3.00 bits per heavy atom. The first-order chi connectivity index (χ1) is 6.77. The van der Waals surface area contributed by atoms with Gasteiger partial charge >= 0.3 is 0 Å². The molecule has 1 aromatic heterocycles. The summed E-state index contributed by atoms with van der Waals surface area (Å²) >= 11 is 0. The molecule has 0 radical (unpaired) electrons. The summed E-state index contributed by atoms with van der Waals surface area (Å²) in [7, 11) is 0. The zero-order valence-corrected chi connectivity index (χ0v) is 9.04. The van der Waals surface area contributed by atoms with E-state index in [9.17, 15) is 4.79 Å². The summed E-state index contributed by atoms with van der Waals surface area (Å²) in [5.41, 5.74) is 5.06. The first-order valence-corrected chi connectivity index (χ1v) is 4.69. The first-order valence-electron chi connectivity index (χ1n) is 4.69. The number of hydrogen-bond donors (Lipinski definition) is 2. The van der Waals surface area contributed by atoms with E-state index in [1.54, 1.807) is 11.0 Å². The fraction of sp³-hybridized carbons (Fsp3) is 0.625. The maximum absolute atomic E-state index is 10.8. The molecular formula is C8H14ClN5O. The van der Waals surface area contributed by atoms with Gasteiger partial charge in [-0.1, -0.05) is 0 Å². The average molecular weight is 232 g/mol. The second kappa shape index (κ2) is 5.09. The Morgan fingerprint density at radius 2 is 2.47 bits per heavy atom. The summed E-state index contributed by atoms with van der Waals surface area (Å²) in [6, 6.07) is 0.296. The van der Waals surface area contributed by atoms with Gasteiger partial charge in [0, 0.05) is 6.54 Å². The van der Waals surface area contributed by atoms with Crippen LogP contribution < -0.4 is 11.1 Å². The van der Waals surface area contributed by atoms with Crippen LogP contribution in [-0.2, 0) is 0 Å². The second-order valence-electron chi connectivity index (χ2n) is 3.41. The van der Waals surface area contributed by atoms with Crippen LogP contribution in [-0.4, -0.2) is 33.8 Å². The number of rotatable bonds is 2. The highest BCUT2D eigenvalue weighted by molar-refractivity contribution is 5.88. The molecule has 1 fully saturated rings. The monoisotopic (exact) mass is 231 g/mol.